The van der Waals surface area contributed by atoms with E-state index < -0.39 is 34.3 Å². The van der Waals surface area contributed by atoms with Crippen LogP contribution >= 0.6 is 15.9 Å². The Labute approximate surface area is 249 Å². The lowest BCUT2D eigenvalue weighted by atomic mass is 9.95. The van der Waals surface area contributed by atoms with Crippen LogP contribution < -0.4 is 9.62 Å². The molecule has 4 rings (SSSR count). The Balaban J connectivity index is 1.68. The number of carbonyl (C=O) groups is 2. The third-order valence-corrected chi connectivity index (χ3v) is 9.68. The Kier molecular flexibility index (Phi) is 10.2. The molecule has 2 amide bonds. The zero-order chi connectivity index (χ0) is 29.6. The van der Waals surface area contributed by atoms with Gasteiger partial charge in [-0.25, -0.2) is 12.8 Å². The van der Waals surface area contributed by atoms with Gasteiger partial charge in [-0.2, -0.15) is 0 Å². The van der Waals surface area contributed by atoms with E-state index in [-0.39, 0.29) is 34.6 Å². The van der Waals surface area contributed by atoms with Gasteiger partial charge in [-0.05, 0) is 63.1 Å². The van der Waals surface area contributed by atoms with Gasteiger partial charge < -0.3 is 10.2 Å². The number of hydrogen-bond donors (Lipinski definition) is 1. The molecule has 1 unspecified atom stereocenters. The average molecular weight is 645 g/mol. The second-order valence-electron chi connectivity index (χ2n) is 10.4. The molecule has 0 spiro atoms. The Hall–Kier alpha value is -3.24. The number of aryl methyl sites for hydroxylation is 1. The van der Waals surface area contributed by atoms with Gasteiger partial charge in [-0.3, -0.25) is 13.9 Å². The number of benzene rings is 3. The second-order valence-corrected chi connectivity index (χ2v) is 13.2. The van der Waals surface area contributed by atoms with Crippen molar-refractivity contribution in [2.75, 3.05) is 10.8 Å². The minimum absolute atomic E-state index is 0.0178. The summed E-state index contributed by atoms with van der Waals surface area (Å²) in [6.07, 6.45) is 4.91. The van der Waals surface area contributed by atoms with Gasteiger partial charge in [0.25, 0.3) is 10.0 Å². The Morgan fingerprint density at radius 1 is 1.00 bits per heavy atom. The summed E-state index contributed by atoms with van der Waals surface area (Å²) in [5.41, 5.74) is 1.40. The lowest BCUT2D eigenvalue weighted by Crippen LogP contribution is -2.53. The van der Waals surface area contributed by atoms with Crippen molar-refractivity contribution < 1.29 is 22.4 Å². The fourth-order valence-corrected chi connectivity index (χ4v) is 6.75. The Morgan fingerprint density at radius 3 is 2.34 bits per heavy atom. The number of halogens is 2. The van der Waals surface area contributed by atoms with Crippen molar-refractivity contribution in [1.29, 1.82) is 0 Å². The maximum Gasteiger partial charge on any atom is 0.264 e. The number of hydrogen-bond acceptors (Lipinski definition) is 4. The Morgan fingerprint density at radius 2 is 1.68 bits per heavy atom. The number of anilines is 1. The molecule has 0 saturated heterocycles. The van der Waals surface area contributed by atoms with Gasteiger partial charge in [0.15, 0.2) is 0 Å². The highest BCUT2D eigenvalue weighted by Gasteiger charge is 2.33. The summed E-state index contributed by atoms with van der Waals surface area (Å²) in [6, 6.07) is 18.1. The van der Waals surface area contributed by atoms with Gasteiger partial charge in [0, 0.05) is 22.6 Å². The van der Waals surface area contributed by atoms with Crippen LogP contribution in [0.4, 0.5) is 10.1 Å². The summed E-state index contributed by atoms with van der Waals surface area (Å²) < 4.78 is 44.2. The molecule has 218 valence electrons. The highest BCUT2D eigenvalue weighted by atomic mass is 79.9. The molecule has 1 aliphatic carbocycles. The summed E-state index contributed by atoms with van der Waals surface area (Å²) in [7, 11) is -4.18. The predicted molar refractivity (Wildman–Crippen MR) is 161 cm³/mol. The number of rotatable bonds is 10. The lowest BCUT2D eigenvalue weighted by Gasteiger charge is -2.33. The first-order valence-electron chi connectivity index (χ1n) is 13.7. The normalized spacial score (nSPS) is 14.7. The fraction of sp³-hybridized carbons (Fsp3) is 0.355. The maximum absolute atomic E-state index is 14.7. The molecule has 0 radical (unpaired) electrons. The van der Waals surface area contributed by atoms with Gasteiger partial charge in [-0.15, -0.1) is 0 Å². The second kappa shape index (κ2) is 13.6. The average Bonchev–Trinajstić information content (AvgIpc) is 2.95. The van der Waals surface area contributed by atoms with Crippen LogP contribution in [0.2, 0.25) is 0 Å². The highest BCUT2D eigenvalue weighted by molar-refractivity contribution is 9.10. The summed E-state index contributed by atoms with van der Waals surface area (Å²) >= 11 is 3.39. The molecule has 10 heteroatoms. The van der Waals surface area contributed by atoms with Crippen LogP contribution in [0.3, 0.4) is 0 Å². The van der Waals surface area contributed by atoms with Crippen LogP contribution in [0.25, 0.3) is 0 Å². The van der Waals surface area contributed by atoms with Crippen LogP contribution in [0, 0.1) is 12.7 Å². The molecule has 0 bridgehead atoms. The number of sulfonamides is 1. The van der Waals surface area contributed by atoms with Crippen molar-refractivity contribution in [3.8, 4) is 0 Å². The number of carbonyl (C=O) groups excluding carboxylic acids is 2. The van der Waals surface area contributed by atoms with Gasteiger partial charge in [-0.1, -0.05) is 77.2 Å². The van der Waals surface area contributed by atoms with Crippen molar-refractivity contribution in [2.45, 2.75) is 69.5 Å². The molecule has 1 atom stereocenters. The molecule has 7 nitrogen and oxygen atoms in total. The number of nitrogens with one attached hydrogen (secondary N) is 1. The van der Waals surface area contributed by atoms with Crippen molar-refractivity contribution >= 4 is 43.5 Å². The van der Waals surface area contributed by atoms with E-state index >= 15 is 0 Å². The van der Waals surface area contributed by atoms with E-state index in [9.17, 15) is 22.4 Å². The molecule has 1 aliphatic rings. The van der Waals surface area contributed by atoms with Crippen LogP contribution in [-0.4, -0.2) is 43.8 Å². The standard InChI is InChI=1S/C31H35BrFN3O4S/c1-22-15-17-28(18-16-22)41(39,40)36(27-13-8-10-25(32)19-27)21-30(37)35(20-24-9-6-7-14-29(24)33)23(2)31(38)34-26-11-4-3-5-12-26/h6-10,13-19,23,26H,3-5,11-12,20-21H2,1-2H3,(H,34,38). The molecule has 0 aliphatic heterocycles. The first-order chi connectivity index (χ1) is 19.6. The largest absolute Gasteiger partial charge is 0.352 e. The molecule has 0 aromatic heterocycles. The first-order valence-corrected chi connectivity index (χ1v) is 16.0. The van der Waals surface area contributed by atoms with Crippen LogP contribution in [-0.2, 0) is 26.2 Å². The summed E-state index contributed by atoms with van der Waals surface area (Å²) in [5.74, 6) is -1.49. The summed E-state index contributed by atoms with van der Waals surface area (Å²) in [6.45, 7) is 2.67. The van der Waals surface area contributed by atoms with E-state index in [1.165, 1.54) is 23.1 Å². The molecule has 0 heterocycles. The summed E-state index contributed by atoms with van der Waals surface area (Å²) in [5, 5.41) is 3.04. The minimum Gasteiger partial charge on any atom is -0.352 e. The SMILES string of the molecule is Cc1ccc(S(=O)(=O)N(CC(=O)N(Cc2ccccc2F)C(C)C(=O)NC2CCCCC2)c2cccc(Br)c2)cc1. The summed E-state index contributed by atoms with van der Waals surface area (Å²) in [4.78, 5) is 28.6. The van der Waals surface area contributed by atoms with Gasteiger partial charge in [0.2, 0.25) is 11.8 Å². The van der Waals surface area contributed by atoms with Gasteiger partial charge in [0.1, 0.15) is 18.4 Å². The Bertz CT molecular complexity index is 1480. The lowest BCUT2D eigenvalue weighted by molar-refractivity contribution is -0.139. The quantitative estimate of drug-likeness (QED) is 0.295. The van der Waals surface area contributed by atoms with Crippen molar-refractivity contribution in [3.63, 3.8) is 0 Å². The molecule has 1 saturated carbocycles. The smallest absolute Gasteiger partial charge is 0.264 e. The van der Waals surface area contributed by atoms with E-state index in [1.54, 1.807) is 61.5 Å². The van der Waals surface area contributed by atoms with E-state index in [0.717, 1.165) is 42.0 Å². The van der Waals surface area contributed by atoms with E-state index in [2.05, 4.69) is 21.2 Å². The van der Waals surface area contributed by atoms with E-state index in [0.29, 0.717) is 4.47 Å². The van der Waals surface area contributed by atoms with E-state index in [4.69, 9.17) is 0 Å². The predicted octanol–water partition coefficient (Wildman–Crippen LogP) is 5.96. The maximum atomic E-state index is 14.7. The number of nitrogens with zero attached hydrogens (tertiary/aromatic N) is 2. The third kappa shape index (κ3) is 7.74. The van der Waals surface area contributed by atoms with Crippen LogP contribution in [0.5, 0.6) is 0 Å². The molecule has 41 heavy (non-hydrogen) atoms. The third-order valence-electron chi connectivity index (χ3n) is 7.40. The first kappa shape index (κ1) is 30.7. The molecule has 3 aromatic carbocycles. The molecular weight excluding hydrogens is 609 g/mol. The monoisotopic (exact) mass is 643 g/mol. The number of amides is 2. The fourth-order valence-electron chi connectivity index (χ4n) is 4.96. The van der Waals surface area contributed by atoms with E-state index in [1.807, 2.05) is 6.92 Å². The van der Waals surface area contributed by atoms with Crippen LogP contribution in [0.1, 0.15) is 50.2 Å². The van der Waals surface area contributed by atoms with Crippen LogP contribution in [0.15, 0.2) is 82.2 Å². The minimum atomic E-state index is -4.18. The molecule has 1 fully saturated rings. The zero-order valence-electron chi connectivity index (χ0n) is 23.2. The zero-order valence-corrected chi connectivity index (χ0v) is 25.6. The molecule has 3 aromatic rings. The van der Waals surface area contributed by atoms with Crippen molar-refractivity contribution in [3.05, 3.63) is 94.2 Å². The molecular formula is C31H35BrFN3O4S. The highest BCUT2D eigenvalue weighted by Crippen LogP contribution is 2.27. The molecule has 1 N–H and O–H groups in total. The van der Waals surface area contributed by atoms with Gasteiger partial charge in [0.05, 0.1) is 10.6 Å². The van der Waals surface area contributed by atoms with Crippen molar-refractivity contribution in [2.24, 2.45) is 0 Å². The topological polar surface area (TPSA) is 86.8 Å². The van der Waals surface area contributed by atoms with Gasteiger partial charge >= 0.3 is 0 Å². The van der Waals surface area contributed by atoms with Crippen molar-refractivity contribution in [1.82, 2.24) is 10.2 Å².